The number of hydrogen-bond acceptors (Lipinski definition) is 4. The van der Waals surface area contributed by atoms with Crippen molar-refractivity contribution in [1.29, 1.82) is 0 Å². The number of nitrogen functional groups attached to an aromatic ring is 1. The maximum atomic E-state index is 12.8. The summed E-state index contributed by atoms with van der Waals surface area (Å²) in [5, 5.41) is 0. The van der Waals surface area contributed by atoms with Gasteiger partial charge in [-0.3, -0.25) is 4.79 Å². The molecule has 1 aromatic rings. The summed E-state index contributed by atoms with van der Waals surface area (Å²) in [6.07, 6.45) is 1.54. The third kappa shape index (κ3) is 4.99. The summed E-state index contributed by atoms with van der Waals surface area (Å²) in [4.78, 5) is 23.2. The van der Waals surface area contributed by atoms with Crippen LogP contribution in [0, 0.1) is 11.8 Å². The van der Waals surface area contributed by atoms with Crippen LogP contribution in [0.2, 0.25) is 0 Å². The minimum absolute atomic E-state index is 0.0980. The molecule has 5 nitrogen and oxygen atoms in total. The van der Waals surface area contributed by atoms with Crippen LogP contribution < -0.4 is 5.73 Å². The molecule has 0 bridgehead atoms. The van der Waals surface area contributed by atoms with E-state index in [9.17, 15) is 4.79 Å². The Morgan fingerprint density at radius 1 is 1.14 bits per heavy atom. The maximum absolute atomic E-state index is 12.8. The van der Waals surface area contributed by atoms with Crippen LogP contribution in [0.1, 0.15) is 63.8 Å². The number of anilines is 1. The Hall–Kier alpha value is -1.65. The first kappa shape index (κ1) is 17.4. The molecule has 21 heavy (non-hydrogen) atoms. The fraction of sp³-hybridized carbons (Fsp3) is 0.688. The molecule has 1 aromatic heterocycles. The van der Waals surface area contributed by atoms with Crippen molar-refractivity contribution in [3.63, 3.8) is 0 Å². The Balaban J connectivity index is 3.09. The van der Waals surface area contributed by atoms with Gasteiger partial charge in [-0.05, 0) is 11.8 Å². The van der Waals surface area contributed by atoms with Crippen molar-refractivity contribution in [2.45, 2.75) is 47.5 Å². The van der Waals surface area contributed by atoms with Crippen molar-refractivity contribution in [2.75, 3.05) is 18.8 Å². The van der Waals surface area contributed by atoms with E-state index >= 15 is 0 Å². The number of rotatable bonds is 6. The van der Waals surface area contributed by atoms with E-state index in [4.69, 9.17) is 5.73 Å². The third-order valence-electron chi connectivity index (χ3n) is 3.01. The number of carbonyl (C=O) groups excluding carboxylic acids is 1. The second kappa shape index (κ2) is 7.38. The molecule has 118 valence electrons. The topological polar surface area (TPSA) is 72.1 Å². The molecule has 0 radical (unpaired) electrons. The SMILES string of the molecule is CC(C)CN(CC(C)C)C(=O)c1nc(C(C)C)ncc1N. The largest absolute Gasteiger partial charge is 0.396 e. The number of nitrogens with two attached hydrogens (primary N) is 1. The lowest BCUT2D eigenvalue weighted by Gasteiger charge is -2.26. The van der Waals surface area contributed by atoms with E-state index < -0.39 is 0 Å². The van der Waals surface area contributed by atoms with Gasteiger partial charge in [0.05, 0.1) is 11.9 Å². The van der Waals surface area contributed by atoms with Crippen LogP contribution in [0.3, 0.4) is 0 Å². The highest BCUT2D eigenvalue weighted by Gasteiger charge is 2.22. The molecule has 0 aromatic carbocycles. The average Bonchev–Trinajstić information content (AvgIpc) is 2.36. The van der Waals surface area contributed by atoms with Gasteiger partial charge in [0, 0.05) is 19.0 Å². The standard InChI is InChI=1S/C16H28N4O/c1-10(2)8-20(9-11(3)4)16(21)14-13(17)7-18-15(19-14)12(5)6/h7,10-12H,8-9,17H2,1-6H3. The van der Waals surface area contributed by atoms with Crippen molar-refractivity contribution < 1.29 is 4.79 Å². The fourth-order valence-corrected chi connectivity index (χ4v) is 2.13. The smallest absolute Gasteiger partial charge is 0.274 e. The predicted octanol–water partition coefficient (Wildman–Crippen LogP) is 2.94. The molecule has 0 saturated carbocycles. The van der Waals surface area contributed by atoms with E-state index in [0.29, 0.717) is 42.1 Å². The second-order valence-electron chi connectivity index (χ2n) is 6.68. The first-order chi connectivity index (χ1) is 9.72. The van der Waals surface area contributed by atoms with Gasteiger partial charge in [0.25, 0.3) is 5.91 Å². The molecular weight excluding hydrogens is 264 g/mol. The molecule has 0 aliphatic heterocycles. The molecular formula is C16H28N4O. The van der Waals surface area contributed by atoms with Crippen LogP contribution in [0.25, 0.3) is 0 Å². The summed E-state index contributed by atoms with van der Waals surface area (Å²) in [5.74, 6) is 1.53. The summed E-state index contributed by atoms with van der Waals surface area (Å²) >= 11 is 0. The van der Waals surface area contributed by atoms with Gasteiger partial charge in [0.15, 0.2) is 5.69 Å². The first-order valence-electron chi connectivity index (χ1n) is 7.64. The third-order valence-corrected chi connectivity index (χ3v) is 3.01. The van der Waals surface area contributed by atoms with Gasteiger partial charge in [0.2, 0.25) is 0 Å². The Kier molecular flexibility index (Phi) is 6.12. The Labute approximate surface area is 128 Å². The van der Waals surface area contributed by atoms with Crippen LogP contribution in [0.15, 0.2) is 6.20 Å². The number of amides is 1. The normalized spacial score (nSPS) is 11.5. The number of nitrogens with zero attached hydrogens (tertiary/aromatic N) is 3. The molecule has 2 N–H and O–H groups in total. The second-order valence-corrected chi connectivity index (χ2v) is 6.68. The molecule has 0 fully saturated rings. The molecule has 0 aliphatic rings. The minimum Gasteiger partial charge on any atom is -0.396 e. The lowest BCUT2D eigenvalue weighted by atomic mass is 10.1. The van der Waals surface area contributed by atoms with E-state index in [0.717, 1.165) is 0 Å². The van der Waals surface area contributed by atoms with E-state index in [-0.39, 0.29) is 11.8 Å². The van der Waals surface area contributed by atoms with Crippen molar-refractivity contribution in [3.05, 3.63) is 17.7 Å². The van der Waals surface area contributed by atoms with Crippen molar-refractivity contribution >= 4 is 11.6 Å². The van der Waals surface area contributed by atoms with Crippen molar-refractivity contribution in [1.82, 2.24) is 14.9 Å². The zero-order valence-electron chi connectivity index (χ0n) is 14.1. The maximum Gasteiger partial charge on any atom is 0.274 e. The van der Waals surface area contributed by atoms with Gasteiger partial charge >= 0.3 is 0 Å². The molecule has 0 aliphatic carbocycles. The Morgan fingerprint density at radius 2 is 1.67 bits per heavy atom. The van der Waals surface area contributed by atoms with Crippen LogP contribution in [-0.2, 0) is 0 Å². The molecule has 1 rings (SSSR count). The number of aromatic nitrogens is 2. The Bertz CT molecular complexity index is 473. The quantitative estimate of drug-likeness (QED) is 0.875. The summed E-state index contributed by atoms with van der Waals surface area (Å²) in [5.41, 5.74) is 6.60. The highest BCUT2D eigenvalue weighted by molar-refractivity contribution is 5.97. The zero-order chi connectivity index (χ0) is 16.2. The molecule has 1 amide bonds. The number of carbonyl (C=O) groups is 1. The van der Waals surface area contributed by atoms with Crippen LogP contribution in [0.4, 0.5) is 5.69 Å². The van der Waals surface area contributed by atoms with E-state index in [1.807, 2.05) is 18.7 Å². The van der Waals surface area contributed by atoms with E-state index in [1.165, 1.54) is 0 Å². The fourth-order valence-electron chi connectivity index (χ4n) is 2.13. The van der Waals surface area contributed by atoms with Crippen LogP contribution in [0.5, 0.6) is 0 Å². The highest BCUT2D eigenvalue weighted by atomic mass is 16.2. The van der Waals surface area contributed by atoms with Gasteiger partial charge in [-0.1, -0.05) is 41.5 Å². The van der Waals surface area contributed by atoms with Gasteiger partial charge in [-0.2, -0.15) is 0 Å². The summed E-state index contributed by atoms with van der Waals surface area (Å²) in [7, 11) is 0. The molecule has 1 heterocycles. The van der Waals surface area contributed by atoms with Crippen LogP contribution >= 0.6 is 0 Å². The van der Waals surface area contributed by atoms with Gasteiger partial charge in [-0.15, -0.1) is 0 Å². The van der Waals surface area contributed by atoms with Crippen molar-refractivity contribution in [2.24, 2.45) is 11.8 Å². The lowest BCUT2D eigenvalue weighted by molar-refractivity contribution is 0.0709. The zero-order valence-corrected chi connectivity index (χ0v) is 14.1. The van der Waals surface area contributed by atoms with E-state index in [1.54, 1.807) is 6.20 Å². The van der Waals surface area contributed by atoms with Gasteiger partial charge in [-0.25, -0.2) is 9.97 Å². The summed E-state index contributed by atoms with van der Waals surface area (Å²) < 4.78 is 0. The molecule has 0 atom stereocenters. The first-order valence-corrected chi connectivity index (χ1v) is 7.64. The molecule has 0 unspecified atom stereocenters. The summed E-state index contributed by atoms with van der Waals surface area (Å²) in [6.45, 7) is 13.8. The average molecular weight is 292 g/mol. The highest BCUT2D eigenvalue weighted by Crippen LogP contribution is 2.17. The monoisotopic (exact) mass is 292 g/mol. The van der Waals surface area contributed by atoms with Gasteiger partial charge < -0.3 is 10.6 Å². The molecule has 0 spiro atoms. The van der Waals surface area contributed by atoms with Gasteiger partial charge in [0.1, 0.15) is 5.82 Å². The molecule has 0 saturated heterocycles. The predicted molar refractivity (Wildman–Crippen MR) is 86.1 cm³/mol. The number of hydrogen-bond donors (Lipinski definition) is 1. The van der Waals surface area contributed by atoms with Crippen LogP contribution in [-0.4, -0.2) is 33.9 Å². The van der Waals surface area contributed by atoms with Crippen molar-refractivity contribution in [3.8, 4) is 0 Å². The molecule has 5 heteroatoms. The van der Waals surface area contributed by atoms with E-state index in [2.05, 4.69) is 37.7 Å². The Morgan fingerprint density at radius 3 is 2.10 bits per heavy atom. The minimum atomic E-state index is -0.0980. The lowest BCUT2D eigenvalue weighted by Crippen LogP contribution is -2.38. The summed E-state index contributed by atoms with van der Waals surface area (Å²) in [6, 6.07) is 0.